The van der Waals surface area contributed by atoms with Crippen LogP contribution in [-0.2, 0) is 5.33 Å². The second-order valence-corrected chi connectivity index (χ2v) is 4.15. The predicted octanol–water partition coefficient (Wildman–Crippen LogP) is 3.94. The van der Waals surface area contributed by atoms with Gasteiger partial charge in [-0.2, -0.15) is 4.39 Å². The smallest absolute Gasteiger partial charge is 0.177 e. The highest BCUT2D eigenvalue weighted by molar-refractivity contribution is 9.08. The second kappa shape index (κ2) is 3.15. The fourth-order valence-electron chi connectivity index (χ4n) is 1.14. The highest BCUT2D eigenvalue weighted by Gasteiger charge is 2.00. The van der Waals surface area contributed by atoms with Crippen molar-refractivity contribution < 1.29 is 4.39 Å². The number of alkyl halides is 1. The number of thiophene rings is 1. The molecule has 0 unspecified atom stereocenters. The van der Waals surface area contributed by atoms with E-state index in [9.17, 15) is 4.39 Å². The highest BCUT2D eigenvalue weighted by atomic mass is 79.9. The fourth-order valence-corrected chi connectivity index (χ4v) is 2.26. The molecule has 0 aliphatic heterocycles. The first-order valence-electron chi connectivity index (χ1n) is 3.53. The van der Waals surface area contributed by atoms with Crippen LogP contribution < -0.4 is 0 Å². The summed E-state index contributed by atoms with van der Waals surface area (Å²) in [5.74, 6) is 0. The lowest BCUT2D eigenvalue weighted by atomic mass is 10.2. The van der Waals surface area contributed by atoms with Crippen LogP contribution in [0.3, 0.4) is 0 Å². The molecule has 0 aliphatic carbocycles. The van der Waals surface area contributed by atoms with Gasteiger partial charge in [-0.05, 0) is 29.1 Å². The lowest BCUT2D eigenvalue weighted by Crippen LogP contribution is -1.73. The minimum absolute atomic E-state index is 0.114. The van der Waals surface area contributed by atoms with E-state index in [0.29, 0.717) is 0 Å². The van der Waals surface area contributed by atoms with E-state index in [1.165, 1.54) is 16.9 Å². The van der Waals surface area contributed by atoms with Gasteiger partial charge in [-0.15, -0.1) is 11.3 Å². The van der Waals surface area contributed by atoms with Gasteiger partial charge >= 0.3 is 0 Å². The summed E-state index contributed by atoms with van der Waals surface area (Å²) in [5.41, 5.74) is 1.18. The van der Waals surface area contributed by atoms with E-state index in [0.717, 1.165) is 15.4 Å². The molecule has 0 aliphatic rings. The molecule has 2 rings (SSSR count). The summed E-state index contributed by atoms with van der Waals surface area (Å²) in [6, 6.07) is 7.54. The molecule has 1 heterocycles. The molecule has 1 aromatic heterocycles. The molecule has 0 radical (unpaired) electrons. The number of halogens is 2. The molecule has 0 amide bonds. The second-order valence-electron chi connectivity index (χ2n) is 2.56. The summed E-state index contributed by atoms with van der Waals surface area (Å²) in [4.78, 5) is 0. The van der Waals surface area contributed by atoms with Gasteiger partial charge in [0.15, 0.2) is 5.13 Å². The summed E-state index contributed by atoms with van der Waals surface area (Å²) >= 11 is 4.55. The van der Waals surface area contributed by atoms with E-state index in [2.05, 4.69) is 15.9 Å². The van der Waals surface area contributed by atoms with Gasteiger partial charge in [-0.25, -0.2) is 0 Å². The molecule has 0 saturated carbocycles. The van der Waals surface area contributed by atoms with Gasteiger partial charge in [0, 0.05) is 10.0 Å². The van der Waals surface area contributed by atoms with Crippen LogP contribution in [-0.4, -0.2) is 0 Å². The maximum absolute atomic E-state index is 12.8. The Balaban J connectivity index is 2.66. The Bertz CT molecular complexity index is 408. The van der Waals surface area contributed by atoms with Crippen molar-refractivity contribution >= 4 is 37.4 Å². The summed E-state index contributed by atoms with van der Waals surface area (Å²) in [6.45, 7) is 0. The highest BCUT2D eigenvalue weighted by Crippen LogP contribution is 2.25. The van der Waals surface area contributed by atoms with Crippen LogP contribution in [0.2, 0.25) is 0 Å². The summed E-state index contributed by atoms with van der Waals surface area (Å²) < 4.78 is 13.8. The Labute approximate surface area is 82.2 Å². The quantitative estimate of drug-likeness (QED) is 0.667. The van der Waals surface area contributed by atoms with E-state index >= 15 is 0 Å². The van der Waals surface area contributed by atoms with Crippen molar-refractivity contribution in [1.82, 2.24) is 0 Å². The van der Waals surface area contributed by atoms with Crippen LogP contribution in [0.25, 0.3) is 10.1 Å². The lowest BCUT2D eigenvalue weighted by molar-refractivity contribution is 0.658. The standard InChI is InChI=1S/C9H6BrFS/c10-5-6-1-2-8-7(3-6)4-9(11)12-8/h1-4H,5H2. The number of hydrogen-bond donors (Lipinski definition) is 0. The van der Waals surface area contributed by atoms with Gasteiger partial charge < -0.3 is 0 Å². The number of hydrogen-bond acceptors (Lipinski definition) is 1. The molecule has 0 bridgehead atoms. The maximum atomic E-state index is 12.8. The average molecular weight is 245 g/mol. The Morgan fingerprint density at radius 2 is 2.17 bits per heavy atom. The van der Waals surface area contributed by atoms with E-state index in [1.807, 2.05) is 18.2 Å². The van der Waals surface area contributed by atoms with Crippen molar-refractivity contribution in [3.05, 3.63) is 35.0 Å². The van der Waals surface area contributed by atoms with Crippen LogP contribution in [0.4, 0.5) is 4.39 Å². The van der Waals surface area contributed by atoms with Gasteiger partial charge in [-0.3, -0.25) is 0 Å². The zero-order valence-electron chi connectivity index (χ0n) is 6.18. The fraction of sp³-hybridized carbons (Fsp3) is 0.111. The molecule has 0 spiro atoms. The summed E-state index contributed by atoms with van der Waals surface area (Å²) in [6.07, 6.45) is 0. The zero-order chi connectivity index (χ0) is 8.55. The normalized spacial score (nSPS) is 10.8. The minimum Gasteiger partial charge on any atom is -0.195 e. The Kier molecular flexibility index (Phi) is 2.15. The molecule has 0 N–H and O–H groups in total. The summed E-state index contributed by atoms with van der Waals surface area (Å²) in [7, 11) is 0. The van der Waals surface area contributed by atoms with Crippen LogP contribution in [0, 0.1) is 5.13 Å². The molecule has 62 valence electrons. The van der Waals surface area contributed by atoms with Crippen molar-refractivity contribution in [2.24, 2.45) is 0 Å². The van der Waals surface area contributed by atoms with Gasteiger partial charge in [-0.1, -0.05) is 22.0 Å². The van der Waals surface area contributed by atoms with E-state index in [4.69, 9.17) is 0 Å². The monoisotopic (exact) mass is 244 g/mol. The predicted molar refractivity (Wildman–Crippen MR) is 54.4 cm³/mol. The molecule has 0 atom stereocenters. The number of rotatable bonds is 1. The van der Waals surface area contributed by atoms with Crippen LogP contribution in [0.15, 0.2) is 24.3 Å². The van der Waals surface area contributed by atoms with Gasteiger partial charge in [0.25, 0.3) is 0 Å². The molecule has 0 nitrogen and oxygen atoms in total. The lowest BCUT2D eigenvalue weighted by Gasteiger charge is -1.93. The first kappa shape index (κ1) is 8.20. The first-order chi connectivity index (χ1) is 5.79. The van der Waals surface area contributed by atoms with Crippen molar-refractivity contribution in [3.63, 3.8) is 0 Å². The SMILES string of the molecule is Fc1cc2cc(CBr)ccc2s1. The van der Waals surface area contributed by atoms with Gasteiger partial charge in [0.05, 0.1) is 0 Å². The zero-order valence-corrected chi connectivity index (χ0v) is 8.58. The van der Waals surface area contributed by atoms with Crippen LogP contribution in [0.5, 0.6) is 0 Å². The number of benzene rings is 1. The molecule has 2 aromatic rings. The molecule has 1 aromatic carbocycles. The van der Waals surface area contributed by atoms with Crippen molar-refractivity contribution in [2.45, 2.75) is 5.33 Å². The first-order valence-corrected chi connectivity index (χ1v) is 5.47. The van der Waals surface area contributed by atoms with Gasteiger partial charge in [0.2, 0.25) is 0 Å². The Morgan fingerprint density at radius 3 is 2.92 bits per heavy atom. The molecular weight excluding hydrogens is 239 g/mol. The molecule has 12 heavy (non-hydrogen) atoms. The van der Waals surface area contributed by atoms with Crippen LogP contribution in [0.1, 0.15) is 5.56 Å². The molecule has 0 saturated heterocycles. The minimum atomic E-state index is -0.114. The van der Waals surface area contributed by atoms with Crippen molar-refractivity contribution in [1.29, 1.82) is 0 Å². The topological polar surface area (TPSA) is 0 Å². The number of fused-ring (bicyclic) bond motifs is 1. The largest absolute Gasteiger partial charge is 0.195 e. The third-order valence-corrected chi connectivity index (χ3v) is 3.26. The third kappa shape index (κ3) is 1.39. The Hall–Kier alpha value is -0.410. The van der Waals surface area contributed by atoms with E-state index < -0.39 is 0 Å². The molecular formula is C9H6BrFS. The maximum Gasteiger partial charge on any atom is 0.177 e. The average Bonchev–Trinajstić information content (AvgIpc) is 2.43. The third-order valence-electron chi connectivity index (χ3n) is 1.70. The van der Waals surface area contributed by atoms with Crippen molar-refractivity contribution in [3.8, 4) is 0 Å². The summed E-state index contributed by atoms with van der Waals surface area (Å²) in [5, 5.41) is 1.70. The van der Waals surface area contributed by atoms with Gasteiger partial charge in [0.1, 0.15) is 0 Å². The Morgan fingerprint density at radius 1 is 1.33 bits per heavy atom. The molecule has 0 fully saturated rings. The van der Waals surface area contributed by atoms with Crippen LogP contribution >= 0.6 is 27.3 Å². The van der Waals surface area contributed by atoms with Crippen molar-refractivity contribution in [2.75, 3.05) is 0 Å². The molecule has 3 heteroatoms. The van der Waals surface area contributed by atoms with E-state index in [1.54, 1.807) is 6.07 Å². The van der Waals surface area contributed by atoms with E-state index in [-0.39, 0.29) is 5.13 Å².